The number of halogens is 1. The second-order valence-electron chi connectivity index (χ2n) is 12.0. The van der Waals surface area contributed by atoms with E-state index >= 15 is 4.39 Å². The number of aromatic nitrogens is 2. The number of anilines is 2. The summed E-state index contributed by atoms with van der Waals surface area (Å²) in [5, 5.41) is 9.51. The van der Waals surface area contributed by atoms with Crippen molar-refractivity contribution in [1.82, 2.24) is 19.8 Å². The van der Waals surface area contributed by atoms with Gasteiger partial charge in [0.25, 0.3) is 0 Å². The summed E-state index contributed by atoms with van der Waals surface area (Å²) in [6.45, 7) is 7.67. The van der Waals surface area contributed by atoms with E-state index in [4.69, 9.17) is 14.7 Å². The van der Waals surface area contributed by atoms with Crippen molar-refractivity contribution in [2.75, 3.05) is 56.2 Å². The Morgan fingerprint density at radius 1 is 1.17 bits per heavy atom. The zero-order valence-electron chi connectivity index (χ0n) is 24.5. The zero-order chi connectivity index (χ0) is 29.2. The van der Waals surface area contributed by atoms with Crippen LogP contribution in [0, 0.1) is 17.1 Å². The fraction of sp³-hybridized carbons (Fsp3) is 0.562. The molecule has 1 aliphatic carbocycles. The fourth-order valence-corrected chi connectivity index (χ4v) is 7.24. The lowest BCUT2D eigenvalue weighted by atomic mass is 9.88. The van der Waals surface area contributed by atoms with Gasteiger partial charge in [-0.25, -0.2) is 4.39 Å². The van der Waals surface area contributed by atoms with Crippen molar-refractivity contribution in [3.8, 4) is 12.1 Å². The van der Waals surface area contributed by atoms with Gasteiger partial charge in [-0.05, 0) is 69.8 Å². The minimum atomic E-state index is -0.250. The number of benzene rings is 1. The number of fused-ring (bicyclic) bond motifs is 2. The maximum Gasteiger partial charge on any atom is 0.318 e. The lowest BCUT2D eigenvalue weighted by molar-refractivity contribution is -0.128. The van der Waals surface area contributed by atoms with Gasteiger partial charge >= 0.3 is 6.01 Å². The number of nitriles is 1. The van der Waals surface area contributed by atoms with Crippen LogP contribution >= 0.6 is 0 Å². The smallest absolute Gasteiger partial charge is 0.318 e. The molecule has 2 saturated heterocycles. The van der Waals surface area contributed by atoms with Crippen molar-refractivity contribution >= 4 is 17.4 Å². The monoisotopic (exact) mass is 573 g/mol. The molecule has 1 aromatic heterocycles. The third kappa shape index (κ3) is 5.54. The van der Waals surface area contributed by atoms with Gasteiger partial charge in [0, 0.05) is 50.2 Å². The number of ether oxygens (including phenoxy) is 1. The lowest BCUT2D eigenvalue weighted by Gasteiger charge is -2.43. The summed E-state index contributed by atoms with van der Waals surface area (Å²) in [5.74, 6) is 0.537. The van der Waals surface area contributed by atoms with Gasteiger partial charge in [-0.3, -0.25) is 4.79 Å². The molecule has 1 aromatic carbocycles. The molecular formula is C32H40FN7O2. The van der Waals surface area contributed by atoms with Gasteiger partial charge in [0.1, 0.15) is 18.2 Å². The lowest BCUT2D eigenvalue weighted by Crippen LogP contribution is -2.55. The third-order valence-corrected chi connectivity index (χ3v) is 9.49. The van der Waals surface area contributed by atoms with Crippen LogP contribution in [-0.2, 0) is 24.1 Å². The van der Waals surface area contributed by atoms with Crippen LogP contribution in [0.4, 0.5) is 15.9 Å². The fourth-order valence-electron chi connectivity index (χ4n) is 7.24. The number of hydrogen-bond acceptors (Lipinski definition) is 8. The Hall–Kier alpha value is -3.71. The van der Waals surface area contributed by atoms with Crippen molar-refractivity contribution in [2.24, 2.45) is 0 Å². The van der Waals surface area contributed by atoms with Crippen LogP contribution in [-0.4, -0.2) is 90.2 Å². The van der Waals surface area contributed by atoms with Crippen molar-refractivity contribution in [3.63, 3.8) is 0 Å². The van der Waals surface area contributed by atoms with Crippen molar-refractivity contribution in [3.05, 3.63) is 53.5 Å². The van der Waals surface area contributed by atoms with Gasteiger partial charge in [0.15, 0.2) is 0 Å². The van der Waals surface area contributed by atoms with Crippen molar-refractivity contribution in [2.45, 2.75) is 69.5 Å². The number of nitrogens with zero attached hydrogens (tertiary/aromatic N) is 7. The Bertz CT molecular complexity index is 1380. The first kappa shape index (κ1) is 28.4. The van der Waals surface area contributed by atoms with Gasteiger partial charge in [-0.15, -0.1) is 0 Å². The summed E-state index contributed by atoms with van der Waals surface area (Å²) in [7, 11) is 2.12. The Morgan fingerprint density at radius 2 is 2.05 bits per heavy atom. The van der Waals surface area contributed by atoms with E-state index in [9.17, 15) is 10.1 Å². The maximum atomic E-state index is 15.1. The maximum absolute atomic E-state index is 15.1. The predicted octanol–water partition coefficient (Wildman–Crippen LogP) is 3.52. The van der Waals surface area contributed by atoms with Gasteiger partial charge in [-0.1, -0.05) is 18.7 Å². The molecule has 3 atom stereocenters. The average Bonchev–Trinajstić information content (AvgIpc) is 3.43. The number of aryl methyl sites for hydroxylation is 1. The Labute approximate surface area is 247 Å². The zero-order valence-corrected chi connectivity index (χ0v) is 24.5. The predicted molar refractivity (Wildman–Crippen MR) is 159 cm³/mol. The molecule has 4 heterocycles. The quantitative estimate of drug-likeness (QED) is 0.465. The second kappa shape index (κ2) is 12.3. The van der Waals surface area contributed by atoms with Crippen LogP contribution in [0.3, 0.4) is 0 Å². The molecule has 3 aliphatic heterocycles. The van der Waals surface area contributed by atoms with Crippen LogP contribution < -0.4 is 14.5 Å². The van der Waals surface area contributed by atoms with Gasteiger partial charge in [0.2, 0.25) is 5.91 Å². The summed E-state index contributed by atoms with van der Waals surface area (Å²) < 4.78 is 21.4. The number of para-hydroxylation sites is 1. The van der Waals surface area contributed by atoms with Gasteiger partial charge in [0.05, 0.1) is 29.9 Å². The number of rotatable bonds is 7. The minimum absolute atomic E-state index is 0.137. The summed E-state index contributed by atoms with van der Waals surface area (Å²) in [4.78, 5) is 31.0. The third-order valence-electron chi connectivity index (χ3n) is 9.49. The first-order chi connectivity index (χ1) is 20.5. The van der Waals surface area contributed by atoms with Gasteiger partial charge in [-0.2, -0.15) is 15.2 Å². The normalized spacial score (nSPS) is 24.1. The number of piperazine rings is 1. The Kier molecular flexibility index (Phi) is 8.29. The number of likely N-dealkylation sites (N-methyl/N-ethyl adjacent to an activating group) is 1. The average molecular weight is 574 g/mol. The molecule has 222 valence electrons. The van der Waals surface area contributed by atoms with Crippen molar-refractivity contribution < 1.29 is 13.9 Å². The second-order valence-corrected chi connectivity index (χ2v) is 12.0. The standard InChI is InChI=1S/C32H40FN7O2/c1-3-29(41)39-18-17-38(20-24(39)13-14-34)31-26-12-11-23(40-16-5-8-22-7-4-10-27(33)30(22)40)19-28(26)35-32(36-31)42-21-25-9-6-15-37(25)2/h3-4,7,10,23-25H,1,5-6,8-9,11-13,15-21H2,2H3/t23-,24+,25+/m1/s1. The van der Waals surface area contributed by atoms with E-state index in [-0.39, 0.29) is 30.2 Å². The number of carbonyl (C=O) groups excluding carboxylic acids is 1. The van der Waals surface area contributed by atoms with E-state index in [0.717, 1.165) is 79.9 Å². The first-order valence-electron chi connectivity index (χ1n) is 15.3. The molecule has 0 saturated carbocycles. The number of amides is 1. The Balaban J connectivity index is 1.31. The minimum Gasteiger partial charge on any atom is -0.462 e. The van der Waals surface area contributed by atoms with Gasteiger partial charge < -0.3 is 24.3 Å². The molecule has 9 nitrogen and oxygen atoms in total. The molecule has 1 amide bonds. The van der Waals surface area contributed by atoms with E-state index < -0.39 is 0 Å². The van der Waals surface area contributed by atoms with E-state index in [1.165, 1.54) is 6.08 Å². The first-order valence-corrected chi connectivity index (χ1v) is 15.3. The summed E-state index contributed by atoms with van der Waals surface area (Å²) in [5.41, 5.74) is 3.88. The molecule has 0 N–H and O–H groups in total. The molecule has 10 heteroatoms. The SMILES string of the molecule is C=CC(=O)N1CCN(c2nc(OC[C@@H]3CCCN3C)nc3c2CC[C@@H](N2CCCc4cccc(F)c42)C3)C[C@@H]1CC#N. The highest BCUT2D eigenvalue weighted by Gasteiger charge is 2.36. The van der Waals surface area contributed by atoms with E-state index in [0.29, 0.717) is 44.7 Å². The summed E-state index contributed by atoms with van der Waals surface area (Å²) in [6, 6.07) is 8.26. The molecular weight excluding hydrogens is 533 g/mol. The molecule has 0 spiro atoms. The van der Waals surface area contributed by atoms with Crippen LogP contribution in [0.1, 0.15) is 48.9 Å². The van der Waals surface area contributed by atoms with Crippen molar-refractivity contribution in [1.29, 1.82) is 5.26 Å². The highest BCUT2D eigenvalue weighted by Crippen LogP contribution is 2.38. The topological polar surface area (TPSA) is 88.8 Å². The van der Waals surface area contributed by atoms with E-state index in [1.54, 1.807) is 17.0 Å². The Morgan fingerprint density at radius 3 is 2.83 bits per heavy atom. The molecule has 0 bridgehead atoms. The van der Waals surface area contributed by atoms with E-state index in [2.05, 4.69) is 34.4 Å². The number of hydrogen-bond donors (Lipinski definition) is 0. The molecule has 0 radical (unpaired) electrons. The highest BCUT2D eigenvalue weighted by atomic mass is 19.1. The largest absolute Gasteiger partial charge is 0.462 e. The number of likely N-dealkylation sites (tertiary alicyclic amines) is 1. The molecule has 42 heavy (non-hydrogen) atoms. The molecule has 2 aromatic rings. The summed E-state index contributed by atoms with van der Waals surface area (Å²) >= 11 is 0. The van der Waals surface area contributed by atoms with Crippen LogP contribution in [0.15, 0.2) is 30.9 Å². The highest BCUT2D eigenvalue weighted by molar-refractivity contribution is 5.87. The van der Waals surface area contributed by atoms with Crippen LogP contribution in [0.2, 0.25) is 0 Å². The summed E-state index contributed by atoms with van der Waals surface area (Å²) in [6.07, 6.45) is 8.05. The molecule has 6 rings (SSSR count). The van der Waals surface area contributed by atoms with Crippen LogP contribution in [0.25, 0.3) is 0 Å². The number of carbonyl (C=O) groups is 1. The van der Waals surface area contributed by atoms with Crippen LogP contribution in [0.5, 0.6) is 6.01 Å². The van der Waals surface area contributed by atoms with E-state index in [1.807, 2.05) is 6.07 Å². The molecule has 4 aliphatic rings. The molecule has 0 unspecified atom stereocenters. The molecule has 2 fully saturated rings.